The fourth-order valence-corrected chi connectivity index (χ4v) is 3.27. The molecule has 0 fully saturated rings. The van der Waals surface area contributed by atoms with Gasteiger partial charge >= 0.3 is 0 Å². The number of hydrogen-bond donors (Lipinski definition) is 4. The molecule has 1 amide bonds. The molecule has 0 bridgehead atoms. The molecule has 0 saturated carbocycles. The van der Waals surface area contributed by atoms with E-state index in [9.17, 15) is 9.59 Å². The molecule has 4 heterocycles. The number of aromatic nitrogens is 5. The Morgan fingerprint density at radius 3 is 2.80 bits per heavy atom. The summed E-state index contributed by atoms with van der Waals surface area (Å²) < 4.78 is 0. The van der Waals surface area contributed by atoms with Crippen LogP contribution in [-0.4, -0.2) is 48.9 Å². The van der Waals surface area contributed by atoms with E-state index in [1.807, 2.05) is 13.8 Å². The van der Waals surface area contributed by atoms with E-state index in [0.29, 0.717) is 34.8 Å². The first-order valence-electron chi connectivity index (χ1n) is 9.42. The highest BCUT2D eigenvalue weighted by Gasteiger charge is 2.28. The summed E-state index contributed by atoms with van der Waals surface area (Å²) in [5.41, 5.74) is 6.17. The highest BCUT2D eigenvalue weighted by Crippen LogP contribution is 2.25. The van der Waals surface area contributed by atoms with Crippen LogP contribution in [0.5, 0.6) is 0 Å². The Bertz CT molecular complexity index is 1140. The predicted octanol–water partition coefficient (Wildman–Crippen LogP) is 1.09. The molecule has 4 rings (SSSR count). The Hall–Kier alpha value is -3.92. The van der Waals surface area contributed by atoms with Gasteiger partial charge < -0.3 is 15.3 Å². The van der Waals surface area contributed by atoms with E-state index in [2.05, 4.69) is 40.8 Å². The van der Waals surface area contributed by atoms with Crippen LogP contribution in [0.1, 0.15) is 45.8 Å². The van der Waals surface area contributed by atoms with E-state index in [1.165, 1.54) is 18.6 Å². The lowest BCUT2D eigenvalue weighted by atomic mass is 10.0. The monoisotopic (exact) mass is 404 g/mol. The van der Waals surface area contributed by atoms with Crippen molar-refractivity contribution in [2.24, 2.45) is 5.10 Å². The summed E-state index contributed by atoms with van der Waals surface area (Å²) in [5, 5.41) is 7.34. The Morgan fingerprint density at radius 2 is 2.10 bits per heavy atom. The van der Waals surface area contributed by atoms with Crippen LogP contribution in [0.4, 0.5) is 0 Å². The largest absolute Gasteiger partial charge is 0.358 e. The van der Waals surface area contributed by atoms with Crippen molar-refractivity contribution >= 4 is 23.5 Å². The second kappa shape index (κ2) is 8.21. The van der Waals surface area contributed by atoms with Gasteiger partial charge in [0.1, 0.15) is 11.4 Å². The number of carbonyl (C=O) groups is 2. The van der Waals surface area contributed by atoms with Gasteiger partial charge in [-0.25, -0.2) is 10.4 Å². The van der Waals surface area contributed by atoms with Crippen molar-refractivity contribution in [3.8, 4) is 0 Å². The molecule has 10 nitrogen and oxygen atoms in total. The van der Waals surface area contributed by atoms with Crippen LogP contribution in [0.15, 0.2) is 41.7 Å². The summed E-state index contributed by atoms with van der Waals surface area (Å²) in [6.45, 7) is 5.13. The first-order valence-corrected chi connectivity index (χ1v) is 9.42. The average molecular weight is 404 g/mol. The molecule has 152 valence electrons. The van der Waals surface area contributed by atoms with Gasteiger partial charge in [0.2, 0.25) is 5.78 Å². The molecule has 1 aliphatic rings. The van der Waals surface area contributed by atoms with E-state index in [4.69, 9.17) is 0 Å². The second-order valence-corrected chi connectivity index (χ2v) is 6.61. The maximum atomic E-state index is 13.2. The van der Waals surface area contributed by atoms with Gasteiger partial charge in [-0.05, 0) is 25.1 Å². The Balaban J connectivity index is 1.83. The summed E-state index contributed by atoms with van der Waals surface area (Å²) >= 11 is 0. The van der Waals surface area contributed by atoms with Crippen molar-refractivity contribution < 1.29 is 9.59 Å². The van der Waals surface area contributed by atoms with Crippen LogP contribution in [-0.2, 0) is 11.3 Å². The topological polar surface area (TPSA) is 141 Å². The average Bonchev–Trinajstić information content (AvgIpc) is 3.48. The highest BCUT2D eigenvalue weighted by atomic mass is 16.2. The summed E-state index contributed by atoms with van der Waals surface area (Å²) in [6.07, 6.45) is 9.33. The zero-order valence-corrected chi connectivity index (χ0v) is 16.5. The quantitative estimate of drug-likeness (QED) is 0.343. The lowest BCUT2D eigenvalue weighted by Crippen LogP contribution is -2.16. The van der Waals surface area contributed by atoms with Gasteiger partial charge in [0.25, 0.3) is 5.91 Å². The van der Waals surface area contributed by atoms with E-state index in [0.717, 1.165) is 17.8 Å². The van der Waals surface area contributed by atoms with Crippen LogP contribution in [0.2, 0.25) is 0 Å². The molecule has 0 spiro atoms. The van der Waals surface area contributed by atoms with Gasteiger partial charge in [-0.3, -0.25) is 19.6 Å². The number of nitrogens with zero attached hydrogens (tertiary/aromatic N) is 4. The fraction of sp³-hybridized carbons (Fsp3) is 0.200. The van der Waals surface area contributed by atoms with Crippen molar-refractivity contribution in [2.45, 2.75) is 20.4 Å². The van der Waals surface area contributed by atoms with Crippen molar-refractivity contribution in [1.29, 1.82) is 0 Å². The van der Waals surface area contributed by atoms with E-state index >= 15 is 0 Å². The third-order valence-corrected chi connectivity index (χ3v) is 4.70. The minimum Gasteiger partial charge on any atom is -0.358 e. The minimum atomic E-state index is -0.382. The maximum absolute atomic E-state index is 13.2. The predicted molar refractivity (Wildman–Crippen MR) is 110 cm³/mol. The van der Waals surface area contributed by atoms with Crippen LogP contribution < -0.4 is 10.7 Å². The zero-order chi connectivity index (χ0) is 21.1. The van der Waals surface area contributed by atoms with Gasteiger partial charge in [-0.2, -0.15) is 5.10 Å². The third kappa shape index (κ3) is 3.55. The Morgan fingerprint density at radius 1 is 1.23 bits per heavy atom. The smallest absolute Gasteiger partial charge is 0.273 e. The minimum absolute atomic E-state index is 0.227. The molecule has 4 N–H and O–H groups in total. The number of hydrogen-bond acceptors (Lipinski definition) is 7. The maximum Gasteiger partial charge on any atom is 0.273 e. The summed E-state index contributed by atoms with van der Waals surface area (Å²) in [7, 11) is 0. The van der Waals surface area contributed by atoms with Gasteiger partial charge in [0, 0.05) is 37.0 Å². The molecule has 1 aliphatic heterocycles. The van der Waals surface area contributed by atoms with Crippen molar-refractivity contribution in [1.82, 2.24) is 35.7 Å². The molecule has 3 aromatic rings. The third-order valence-electron chi connectivity index (χ3n) is 4.70. The number of aryl methyl sites for hydroxylation is 1. The molecule has 0 unspecified atom stereocenters. The Kier molecular flexibility index (Phi) is 5.31. The van der Waals surface area contributed by atoms with Gasteiger partial charge in [0.15, 0.2) is 5.82 Å². The van der Waals surface area contributed by atoms with Crippen molar-refractivity contribution in [2.75, 3.05) is 6.54 Å². The summed E-state index contributed by atoms with van der Waals surface area (Å²) in [5.74, 6) is -0.418. The van der Waals surface area contributed by atoms with Gasteiger partial charge in [-0.1, -0.05) is 6.92 Å². The molecule has 30 heavy (non-hydrogen) atoms. The molecule has 0 radical (unpaired) electrons. The number of nitrogens with one attached hydrogen (secondary N) is 4. The number of rotatable bonds is 7. The molecule has 0 aromatic carbocycles. The number of imidazole rings is 1. The highest BCUT2D eigenvalue weighted by molar-refractivity contribution is 6.32. The van der Waals surface area contributed by atoms with Crippen LogP contribution in [0.25, 0.3) is 6.08 Å². The lowest BCUT2D eigenvalue weighted by Gasteiger charge is -2.06. The number of ketones is 1. The molecule has 0 saturated heterocycles. The number of hydrazone groups is 1. The van der Waals surface area contributed by atoms with Crippen LogP contribution in [0.3, 0.4) is 0 Å². The molecule has 3 aromatic heterocycles. The van der Waals surface area contributed by atoms with Crippen molar-refractivity contribution in [3.63, 3.8) is 0 Å². The fourth-order valence-electron chi connectivity index (χ4n) is 3.27. The lowest BCUT2D eigenvalue weighted by molar-refractivity contribution is -0.116. The van der Waals surface area contributed by atoms with Crippen molar-refractivity contribution in [3.05, 3.63) is 70.6 Å². The molecular formula is C20H20N8O2. The normalized spacial score (nSPS) is 14.8. The molecule has 0 aliphatic carbocycles. The van der Waals surface area contributed by atoms with Crippen LogP contribution in [0, 0.1) is 6.92 Å². The first-order chi connectivity index (χ1) is 14.6. The Labute approximate surface area is 172 Å². The SMILES string of the molecule is CCNCc1c(C)[nH]c(C=C2C(=O)NN=C2c2cnccn2)c1C(=O)c1ncc[nH]1. The molecule has 0 atom stereocenters. The zero-order valence-electron chi connectivity index (χ0n) is 16.5. The summed E-state index contributed by atoms with van der Waals surface area (Å²) in [4.78, 5) is 44.1. The number of amides is 1. The van der Waals surface area contributed by atoms with Gasteiger partial charge in [0.05, 0.1) is 23.0 Å². The standard InChI is InChI=1S/C20H20N8O2/c1-3-21-9-13-11(2)26-14(16(13)18(29)19-24-6-7-25-19)8-12-17(27-28-20(12)30)15-10-22-4-5-23-15/h4-8,10,21,26H,3,9H2,1-2H3,(H,24,25)(H,28,30). The van der Waals surface area contributed by atoms with Gasteiger partial charge in [-0.15, -0.1) is 0 Å². The number of carbonyl (C=O) groups excluding carboxylic acids is 2. The summed E-state index contributed by atoms with van der Waals surface area (Å²) in [6, 6.07) is 0. The van der Waals surface area contributed by atoms with E-state index in [-0.39, 0.29) is 17.5 Å². The van der Waals surface area contributed by atoms with E-state index in [1.54, 1.807) is 18.5 Å². The molecule has 10 heteroatoms. The molecular weight excluding hydrogens is 384 g/mol. The van der Waals surface area contributed by atoms with Crippen LogP contribution >= 0.6 is 0 Å². The number of aromatic amines is 2. The number of H-pyrrole nitrogens is 2. The second-order valence-electron chi connectivity index (χ2n) is 6.61. The first kappa shape index (κ1) is 19.4. The van der Waals surface area contributed by atoms with E-state index < -0.39 is 0 Å².